The van der Waals surface area contributed by atoms with Crippen molar-refractivity contribution in [3.8, 4) is 17.0 Å². The van der Waals surface area contributed by atoms with E-state index in [1.807, 2.05) is 13.2 Å². The molecule has 0 amide bonds. The molecule has 0 radical (unpaired) electrons. The minimum atomic E-state index is -0.131. The Morgan fingerprint density at radius 1 is 1.19 bits per heavy atom. The minimum Gasteiger partial charge on any atom is -0.489 e. The highest BCUT2D eigenvalue weighted by atomic mass is 35.5. The van der Waals surface area contributed by atoms with E-state index in [4.69, 9.17) is 26.1 Å². The smallest absolute Gasteiger partial charge is 0.225 e. The van der Waals surface area contributed by atoms with Crippen molar-refractivity contribution in [1.82, 2.24) is 44.7 Å². The van der Waals surface area contributed by atoms with Crippen LogP contribution < -0.4 is 9.64 Å². The van der Waals surface area contributed by atoms with Crippen LogP contribution in [0.3, 0.4) is 0 Å². The second-order valence-corrected chi connectivity index (χ2v) is 7.65. The van der Waals surface area contributed by atoms with Gasteiger partial charge in [0, 0.05) is 31.9 Å². The van der Waals surface area contributed by atoms with Gasteiger partial charge in [-0.25, -0.2) is 24.6 Å². The Morgan fingerprint density at radius 2 is 2.06 bits per heavy atom. The maximum atomic E-state index is 5.96. The number of ether oxygens (including phenoxy) is 2. The number of aryl methyl sites for hydroxylation is 1. The van der Waals surface area contributed by atoms with Crippen molar-refractivity contribution in [2.45, 2.75) is 12.6 Å². The zero-order chi connectivity index (χ0) is 21.9. The van der Waals surface area contributed by atoms with Gasteiger partial charge in [-0.15, -0.1) is 16.7 Å². The molecule has 0 saturated carbocycles. The lowest BCUT2D eigenvalue weighted by molar-refractivity contribution is 0.0272. The van der Waals surface area contributed by atoms with Crippen LogP contribution in [0, 0.1) is 0 Å². The molecule has 0 bridgehead atoms. The first kappa shape index (κ1) is 20.5. The highest BCUT2D eigenvalue weighted by Gasteiger charge is 2.24. The van der Waals surface area contributed by atoms with Crippen molar-refractivity contribution in [2.75, 3.05) is 37.1 Å². The molecule has 4 aromatic heterocycles. The van der Waals surface area contributed by atoms with Crippen LogP contribution in [0.1, 0.15) is 0 Å². The van der Waals surface area contributed by atoms with Crippen molar-refractivity contribution < 1.29 is 9.47 Å². The molecule has 5 rings (SSSR count). The van der Waals surface area contributed by atoms with Gasteiger partial charge in [0.15, 0.2) is 11.4 Å². The maximum Gasteiger partial charge on any atom is 0.225 e. The average Bonchev–Trinajstić information content (AvgIpc) is 3.44. The molecule has 12 nitrogen and oxygen atoms in total. The Hall–Kier alpha value is -3.38. The summed E-state index contributed by atoms with van der Waals surface area (Å²) in [4.78, 5) is 20.0. The van der Waals surface area contributed by atoms with E-state index in [0.29, 0.717) is 67.4 Å². The molecule has 5 heterocycles. The third-order valence-electron chi connectivity index (χ3n) is 4.99. The summed E-state index contributed by atoms with van der Waals surface area (Å²) in [6.07, 6.45) is 8.48. The van der Waals surface area contributed by atoms with E-state index in [2.05, 4.69) is 35.3 Å². The van der Waals surface area contributed by atoms with Crippen LogP contribution in [-0.4, -0.2) is 83.0 Å². The normalized spacial score (nSPS) is 16.6. The van der Waals surface area contributed by atoms with E-state index in [9.17, 15) is 0 Å². The Bertz CT molecular complexity index is 1190. The number of rotatable bonds is 7. The molecular weight excluding hydrogens is 436 g/mol. The number of halogens is 1. The third-order valence-corrected chi connectivity index (χ3v) is 5.14. The monoisotopic (exact) mass is 456 g/mol. The molecule has 4 aromatic rings. The van der Waals surface area contributed by atoms with Crippen LogP contribution in [0.4, 0.5) is 5.95 Å². The first-order chi connectivity index (χ1) is 15.7. The Balaban J connectivity index is 1.30. The molecule has 1 aliphatic heterocycles. The standard InChI is InChI=1S/C19H21ClN10O2/c1-28-10-13(6-24-28)16-9-21-17-18(25-16)30(27-26-17)12-15-11-29(3-5-32-15)19-22-7-14(8-23-19)31-4-2-20/h6-10,15H,2-5,11-12H2,1H3/t15-/m0/s1. The predicted molar refractivity (Wildman–Crippen MR) is 116 cm³/mol. The molecule has 0 aromatic carbocycles. The van der Waals surface area contributed by atoms with Crippen LogP contribution in [0.2, 0.25) is 0 Å². The van der Waals surface area contributed by atoms with E-state index >= 15 is 0 Å². The molecule has 1 fully saturated rings. The average molecular weight is 457 g/mol. The summed E-state index contributed by atoms with van der Waals surface area (Å²) < 4.78 is 14.8. The number of nitrogens with zero attached hydrogens (tertiary/aromatic N) is 10. The van der Waals surface area contributed by atoms with Gasteiger partial charge in [0.1, 0.15) is 6.61 Å². The van der Waals surface area contributed by atoms with Gasteiger partial charge < -0.3 is 14.4 Å². The molecule has 1 saturated heterocycles. The lowest BCUT2D eigenvalue weighted by Crippen LogP contribution is -2.45. The highest BCUT2D eigenvalue weighted by molar-refractivity contribution is 6.18. The largest absolute Gasteiger partial charge is 0.489 e. The Labute approximate surface area is 188 Å². The SMILES string of the molecule is Cn1cc(-c2cnc3nnn(C[C@@H]4CN(c5ncc(OCCCl)cn5)CCO4)c3n2)cn1. The Kier molecular flexibility index (Phi) is 5.77. The number of fused-ring (bicyclic) bond motifs is 1. The lowest BCUT2D eigenvalue weighted by atomic mass is 10.2. The van der Waals surface area contributed by atoms with Gasteiger partial charge >= 0.3 is 0 Å². The zero-order valence-electron chi connectivity index (χ0n) is 17.4. The van der Waals surface area contributed by atoms with Gasteiger partial charge in [-0.2, -0.15) is 5.10 Å². The van der Waals surface area contributed by atoms with Crippen molar-refractivity contribution in [3.63, 3.8) is 0 Å². The van der Waals surface area contributed by atoms with E-state index in [0.717, 1.165) is 5.56 Å². The van der Waals surface area contributed by atoms with Crippen molar-refractivity contribution >= 4 is 28.8 Å². The van der Waals surface area contributed by atoms with Gasteiger partial charge in [-0.1, -0.05) is 5.21 Å². The fourth-order valence-electron chi connectivity index (χ4n) is 3.48. The van der Waals surface area contributed by atoms with E-state index in [-0.39, 0.29) is 6.10 Å². The zero-order valence-corrected chi connectivity index (χ0v) is 18.1. The minimum absolute atomic E-state index is 0.131. The summed E-state index contributed by atoms with van der Waals surface area (Å²) in [6.45, 7) is 2.76. The lowest BCUT2D eigenvalue weighted by Gasteiger charge is -2.32. The summed E-state index contributed by atoms with van der Waals surface area (Å²) in [7, 11) is 1.86. The first-order valence-electron chi connectivity index (χ1n) is 10.1. The number of alkyl halides is 1. The molecule has 13 heteroatoms. The van der Waals surface area contributed by atoms with Crippen molar-refractivity contribution in [1.29, 1.82) is 0 Å². The van der Waals surface area contributed by atoms with Crippen LogP contribution in [-0.2, 0) is 18.3 Å². The number of morpholine rings is 1. The molecule has 32 heavy (non-hydrogen) atoms. The van der Waals surface area contributed by atoms with Gasteiger partial charge in [0.2, 0.25) is 11.6 Å². The second-order valence-electron chi connectivity index (χ2n) is 7.27. The van der Waals surface area contributed by atoms with Crippen LogP contribution in [0.5, 0.6) is 5.75 Å². The summed E-state index contributed by atoms with van der Waals surface area (Å²) in [5.41, 5.74) is 2.68. The van der Waals surface area contributed by atoms with E-state index in [1.54, 1.807) is 34.2 Å². The maximum absolute atomic E-state index is 5.96. The molecule has 0 spiro atoms. The summed E-state index contributed by atoms with van der Waals surface area (Å²) in [6, 6.07) is 0. The van der Waals surface area contributed by atoms with Crippen molar-refractivity contribution in [2.24, 2.45) is 7.05 Å². The molecule has 166 valence electrons. The summed E-state index contributed by atoms with van der Waals surface area (Å²) in [5, 5.41) is 12.6. The van der Waals surface area contributed by atoms with Crippen LogP contribution in [0.15, 0.2) is 31.0 Å². The fourth-order valence-corrected chi connectivity index (χ4v) is 3.56. The van der Waals surface area contributed by atoms with Gasteiger partial charge in [0.25, 0.3) is 0 Å². The van der Waals surface area contributed by atoms with Gasteiger partial charge in [-0.05, 0) is 0 Å². The molecule has 1 aliphatic rings. The molecule has 0 unspecified atom stereocenters. The van der Waals surface area contributed by atoms with Gasteiger partial charge in [0.05, 0.1) is 55.6 Å². The van der Waals surface area contributed by atoms with Gasteiger partial charge in [-0.3, -0.25) is 4.68 Å². The van der Waals surface area contributed by atoms with Crippen LogP contribution in [0.25, 0.3) is 22.6 Å². The molecule has 0 N–H and O–H groups in total. The molecular formula is C19H21ClN10O2. The predicted octanol–water partition coefficient (Wildman–Crippen LogP) is 0.935. The molecule has 1 atom stereocenters. The fraction of sp³-hybridized carbons (Fsp3) is 0.421. The number of hydrogen-bond donors (Lipinski definition) is 0. The summed E-state index contributed by atoms with van der Waals surface area (Å²) in [5.74, 6) is 1.63. The number of aromatic nitrogens is 9. The van der Waals surface area contributed by atoms with Crippen LogP contribution >= 0.6 is 11.6 Å². The third kappa shape index (κ3) is 4.32. The van der Waals surface area contributed by atoms with E-state index in [1.165, 1.54) is 0 Å². The first-order valence-corrected chi connectivity index (χ1v) is 10.7. The quantitative estimate of drug-likeness (QED) is 0.371. The number of hydrogen-bond acceptors (Lipinski definition) is 10. The number of anilines is 1. The molecule has 0 aliphatic carbocycles. The van der Waals surface area contributed by atoms with Crippen molar-refractivity contribution in [3.05, 3.63) is 31.0 Å². The summed E-state index contributed by atoms with van der Waals surface area (Å²) >= 11 is 5.64. The van der Waals surface area contributed by atoms with E-state index < -0.39 is 0 Å². The Morgan fingerprint density at radius 3 is 2.84 bits per heavy atom. The highest BCUT2D eigenvalue weighted by Crippen LogP contribution is 2.19. The second kappa shape index (κ2) is 9.01. The topological polar surface area (TPSA) is 122 Å².